The number of rotatable bonds is 6. The highest BCUT2D eigenvalue weighted by molar-refractivity contribution is 5.86. The highest BCUT2D eigenvalue weighted by Crippen LogP contribution is 2.40. The van der Waals surface area contributed by atoms with Gasteiger partial charge in [-0.3, -0.25) is 5.32 Å². The molecule has 0 aromatic heterocycles. The fraction of sp³-hybridized carbons (Fsp3) is 0.500. The second-order valence-electron chi connectivity index (χ2n) is 4.22. The number of hydrogen-bond acceptors (Lipinski definition) is 5. The molecule has 1 aromatic rings. The Bertz CT molecular complexity index is 434. The van der Waals surface area contributed by atoms with Crippen LogP contribution in [0.5, 0.6) is 17.2 Å². The van der Waals surface area contributed by atoms with Gasteiger partial charge in [-0.05, 0) is 20.8 Å². The normalized spacial score (nSPS) is 10.1. The lowest BCUT2D eigenvalue weighted by molar-refractivity contribution is 0.130. The molecule has 0 atom stereocenters. The van der Waals surface area contributed by atoms with Crippen molar-refractivity contribution in [3.05, 3.63) is 12.1 Å². The van der Waals surface area contributed by atoms with Crippen molar-refractivity contribution < 1.29 is 23.7 Å². The van der Waals surface area contributed by atoms with E-state index >= 15 is 0 Å². The van der Waals surface area contributed by atoms with Gasteiger partial charge in [-0.2, -0.15) is 0 Å². The van der Waals surface area contributed by atoms with Crippen LogP contribution in [-0.4, -0.2) is 33.0 Å². The van der Waals surface area contributed by atoms with Gasteiger partial charge in [-0.25, -0.2) is 4.79 Å². The van der Waals surface area contributed by atoms with Crippen LogP contribution in [0.25, 0.3) is 0 Å². The van der Waals surface area contributed by atoms with Crippen LogP contribution in [0.2, 0.25) is 0 Å². The maximum atomic E-state index is 11.6. The Morgan fingerprint density at radius 2 is 1.75 bits per heavy atom. The van der Waals surface area contributed by atoms with Gasteiger partial charge in [0.1, 0.15) is 0 Å². The van der Waals surface area contributed by atoms with E-state index < -0.39 is 6.09 Å². The number of anilines is 1. The SMILES string of the molecule is CCOc1c(OC)cc(NC(=O)OC(C)C)cc1OC. The summed E-state index contributed by atoms with van der Waals surface area (Å²) in [5.74, 6) is 1.46. The number of carbonyl (C=O) groups is 1. The molecule has 0 aliphatic carbocycles. The van der Waals surface area contributed by atoms with Crippen molar-refractivity contribution in [2.24, 2.45) is 0 Å². The molecule has 0 spiro atoms. The lowest BCUT2D eigenvalue weighted by Crippen LogP contribution is -2.18. The van der Waals surface area contributed by atoms with Crippen LogP contribution in [0.15, 0.2) is 12.1 Å². The first-order valence-corrected chi connectivity index (χ1v) is 6.38. The molecule has 0 aliphatic rings. The first-order valence-electron chi connectivity index (χ1n) is 6.38. The highest BCUT2D eigenvalue weighted by atomic mass is 16.6. The van der Waals surface area contributed by atoms with Gasteiger partial charge in [0.15, 0.2) is 11.5 Å². The van der Waals surface area contributed by atoms with Crippen molar-refractivity contribution in [1.29, 1.82) is 0 Å². The van der Waals surface area contributed by atoms with Crippen LogP contribution in [0, 0.1) is 0 Å². The molecule has 0 saturated heterocycles. The van der Waals surface area contributed by atoms with Crippen molar-refractivity contribution in [3.63, 3.8) is 0 Å². The van der Waals surface area contributed by atoms with Gasteiger partial charge in [0, 0.05) is 12.1 Å². The molecule has 0 heterocycles. The van der Waals surface area contributed by atoms with Crippen molar-refractivity contribution in [1.82, 2.24) is 0 Å². The maximum absolute atomic E-state index is 11.6. The van der Waals surface area contributed by atoms with E-state index in [1.54, 1.807) is 26.0 Å². The molecule has 1 amide bonds. The molecule has 1 N–H and O–H groups in total. The molecule has 0 bridgehead atoms. The van der Waals surface area contributed by atoms with E-state index in [-0.39, 0.29) is 6.10 Å². The van der Waals surface area contributed by atoms with E-state index in [1.807, 2.05) is 6.92 Å². The Labute approximate surface area is 119 Å². The van der Waals surface area contributed by atoms with Crippen LogP contribution in [-0.2, 0) is 4.74 Å². The first kappa shape index (κ1) is 15.9. The summed E-state index contributed by atoms with van der Waals surface area (Å²) in [5.41, 5.74) is 0.507. The number of hydrogen-bond donors (Lipinski definition) is 1. The summed E-state index contributed by atoms with van der Waals surface area (Å²) in [6.45, 7) is 5.90. The second-order valence-corrected chi connectivity index (χ2v) is 4.22. The molecule has 0 aliphatic heterocycles. The number of nitrogens with one attached hydrogen (secondary N) is 1. The molecule has 6 heteroatoms. The van der Waals surface area contributed by atoms with Crippen LogP contribution < -0.4 is 19.5 Å². The molecule has 112 valence electrons. The summed E-state index contributed by atoms with van der Waals surface area (Å²) in [5, 5.41) is 2.62. The van der Waals surface area contributed by atoms with Crippen LogP contribution in [0.3, 0.4) is 0 Å². The molecule has 1 aromatic carbocycles. The van der Waals surface area contributed by atoms with Crippen molar-refractivity contribution in [3.8, 4) is 17.2 Å². The molecule has 1 rings (SSSR count). The largest absolute Gasteiger partial charge is 0.493 e. The van der Waals surface area contributed by atoms with Gasteiger partial charge in [0.25, 0.3) is 0 Å². The molecule has 0 saturated carbocycles. The summed E-state index contributed by atoms with van der Waals surface area (Å²) in [6.07, 6.45) is -0.727. The third kappa shape index (κ3) is 4.22. The topological polar surface area (TPSA) is 66.0 Å². The number of benzene rings is 1. The summed E-state index contributed by atoms with van der Waals surface area (Å²) >= 11 is 0. The molecule has 0 radical (unpaired) electrons. The Kier molecular flexibility index (Phi) is 5.96. The third-order valence-corrected chi connectivity index (χ3v) is 2.34. The molecular weight excluding hydrogens is 262 g/mol. The second kappa shape index (κ2) is 7.47. The number of carbonyl (C=O) groups excluding carboxylic acids is 1. The fourth-order valence-electron chi connectivity index (χ4n) is 1.60. The Morgan fingerprint density at radius 1 is 1.20 bits per heavy atom. The van der Waals surface area contributed by atoms with Crippen LogP contribution in [0.4, 0.5) is 10.5 Å². The Hall–Kier alpha value is -2.11. The van der Waals surface area contributed by atoms with E-state index in [0.717, 1.165) is 0 Å². The Morgan fingerprint density at radius 3 is 2.15 bits per heavy atom. The van der Waals surface area contributed by atoms with Crippen LogP contribution in [0.1, 0.15) is 20.8 Å². The molecule has 0 unspecified atom stereocenters. The first-order chi connectivity index (χ1) is 9.51. The van der Waals surface area contributed by atoms with E-state index in [9.17, 15) is 4.79 Å². The zero-order valence-electron chi connectivity index (χ0n) is 12.5. The average Bonchev–Trinajstić information content (AvgIpc) is 2.39. The smallest absolute Gasteiger partial charge is 0.411 e. The van der Waals surface area contributed by atoms with E-state index in [2.05, 4.69) is 5.32 Å². The number of amides is 1. The monoisotopic (exact) mass is 283 g/mol. The summed E-state index contributed by atoms with van der Waals surface area (Å²) in [4.78, 5) is 11.6. The van der Waals surface area contributed by atoms with Gasteiger partial charge in [-0.15, -0.1) is 0 Å². The van der Waals surface area contributed by atoms with Gasteiger partial charge in [-0.1, -0.05) is 0 Å². The zero-order valence-corrected chi connectivity index (χ0v) is 12.5. The third-order valence-electron chi connectivity index (χ3n) is 2.34. The minimum Gasteiger partial charge on any atom is -0.493 e. The quantitative estimate of drug-likeness (QED) is 0.869. The standard InChI is InChI=1S/C14H21NO5/c1-6-19-13-11(17-4)7-10(8-12(13)18-5)15-14(16)20-9(2)3/h7-9H,6H2,1-5H3,(H,15,16). The molecule has 6 nitrogen and oxygen atoms in total. The van der Waals surface area contributed by atoms with E-state index in [1.165, 1.54) is 14.2 Å². The molecular formula is C14H21NO5. The van der Waals surface area contributed by atoms with Crippen molar-refractivity contribution in [2.45, 2.75) is 26.9 Å². The van der Waals surface area contributed by atoms with Crippen molar-refractivity contribution in [2.75, 3.05) is 26.1 Å². The maximum Gasteiger partial charge on any atom is 0.411 e. The molecule has 20 heavy (non-hydrogen) atoms. The van der Waals surface area contributed by atoms with Gasteiger partial charge in [0.2, 0.25) is 5.75 Å². The van der Waals surface area contributed by atoms with E-state index in [4.69, 9.17) is 18.9 Å². The lowest BCUT2D eigenvalue weighted by atomic mass is 10.2. The highest BCUT2D eigenvalue weighted by Gasteiger charge is 2.15. The minimum absolute atomic E-state index is 0.193. The van der Waals surface area contributed by atoms with Gasteiger partial charge in [0.05, 0.1) is 32.6 Å². The van der Waals surface area contributed by atoms with Gasteiger partial charge >= 0.3 is 6.09 Å². The fourth-order valence-corrected chi connectivity index (χ4v) is 1.60. The predicted molar refractivity (Wildman–Crippen MR) is 76.0 cm³/mol. The number of methoxy groups -OCH3 is 2. The predicted octanol–water partition coefficient (Wildman–Crippen LogP) is 3.06. The molecule has 0 fully saturated rings. The lowest BCUT2D eigenvalue weighted by Gasteiger charge is -2.16. The van der Waals surface area contributed by atoms with Crippen LogP contribution >= 0.6 is 0 Å². The van der Waals surface area contributed by atoms with Crippen molar-refractivity contribution >= 4 is 11.8 Å². The van der Waals surface area contributed by atoms with Gasteiger partial charge < -0.3 is 18.9 Å². The average molecular weight is 283 g/mol. The Balaban J connectivity index is 3.01. The summed E-state index contributed by atoms with van der Waals surface area (Å²) in [7, 11) is 3.04. The minimum atomic E-state index is -0.534. The number of ether oxygens (including phenoxy) is 4. The summed E-state index contributed by atoms with van der Waals surface area (Å²) in [6, 6.07) is 3.30. The van der Waals surface area contributed by atoms with E-state index in [0.29, 0.717) is 29.5 Å². The summed E-state index contributed by atoms with van der Waals surface area (Å²) < 4.78 is 21.0. The zero-order chi connectivity index (χ0) is 15.1.